The number of carbonyl (C=O) groups is 2. The molecule has 1 aliphatic heterocycles. The van der Waals surface area contributed by atoms with Crippen LogP contribution in [0, 0.1) is 0 Å². The average molecular weight is 191 g/mol. The highest BCUT2D eigenvalue weighted by Gasteiger charge is 2.39. The molecule has 0 radical (unpaired) electrons. The number of halogens is 1. The summed E-state index contributed by atoms with van der Waals surface area (Å²) in [6.45, 7) is 3.20. The quantitative estimate of drug-likeness (QED) is 0.358. The van der Waals surface area contributed by atoms with Crippen molar-refractivity contribution in [2.24, 2.45) is 0 Å². The molecule has 0 N–H and O–H groups in total. The largest absolute Gasteiger partial charge is 0.514 e. The molecule has 66 valence electrons. The summed E-state index contributed by atoms with van der Waals surface area (Å²) in [4.78, 5) is 21.0. The smallest absolute Gasteiger partial charge is 0.420 e. The van der Waals surface area contributed by atoms with Gasteiger partial charge in [0.15, 0.2) is 11.4 Å². The summed E-state index contributed by atoms with van der Waals surface area (Å²) in [5, 5.41) is -0.698. The first-order valence-electron chi connectivity index (χ1n) is 3.24. The van der Waals surface area contributed by atoms with E-state index in [2.05, 4.69) is 4.74 Å². The van der Waals surface area contributed by atoms with Gasteiger partial charge in [-0.15, -0.1) is 0 Å². The molecule has 4 nitrogen and oxygen atoms in total. The minimum Gasteiger partial charge on any atom is -0.420 e. The summed E-state index contributed by atoms with van der Waals surface area (Å²) in [6, 6.07) is 0. The second kappa shape index (κ2) is 2.79. The van der Waals surface area contributed by atoms with Crippen LogP contribution in [0.15, 0.2) is 11.8 Å². The average Bonchev–Trinajstić information content (AvgIpc) is 2.04. The molecule has 0 bridgehead atoms. The van der Waals surface area contributed by atoms with Gasteiger partial charge in [0.2, 0.25) is 5.24 Å². The van der Waals surface area contributed by atoms with Crippen molar-refractivity contribution in [1.29, 1.82) is 0 Å². The lowest BCUT2D eigenvalue weighted by Gasteiger charge is -2.12. The summed E-state index contributed by atoms with van der Waals surface area (Å²) >= 11 is 5.07. The van der Waals surface area contributed by atoms with E-state index in [4.69, 9.17) is 16.3 Å². The Morgan fingerprint density at radius 1 is 1.58 bits per heavy atom. The molecule has 0 aromatic carbocycles. The summed E-state index contributed by atoms with van der Waals surface area (Å²) in [5.41, 5.74) is -0.901. The van der Waals surface area contributed by atoms with Crippen molar-refractivity contribution in [2.75, 3.05) is 0 Å². The molecule has 0 unspecified atom stereocenters. The highest BCUT2D eigenvalue weighted by molar-refractivity contribution is 6.66. The van der Waals surface area contributed by atoms with Crippen molar-refractivity contribution in [1.82, 2.24) is 0 Å². The summed E-state index contributed by atoms with van der Waals surface area (Å²) in [6.07, 6.45) is 0.205. The first kappa shape index (κ1) is 9.06. The molecule has 0 aromatic rings. The highest BCUT2D eigenvalue weighted by Crippen LogP contribution is 2.29. The highest BCUT2D eigenvalue weighted by atomic mass is 35.5. The molecule has 0 aliphatic carbocycles. The Morgan fingerprint density at radius 2 is 2.17 bits per heavy atom. The van der Waals surface area contributed by atoms with E-state index in [1.54, 1.807) is 13.8 Å². The van der Waals surface area contributed by atoms with Crippen molar-refractivity contribution < 1.29 is 19.1 Å². The predicted octanol–water partition coefficient (Wildman–Crippen LogP) is 1.58. The minimum absolute atomic E-state index is 0.132. The van der Waals surface area contributed by atoms with Gasteiger partial charge in [-0.2, -0.15) is 0 Å². The topological polar surface area (TPSA) is 52.6 Å². The second-order valence-electron chi connectivity index (χ2n) is 2.78. The van der Waals surface area contributed by atoms with Crippen LogP contribution in [0.4, 0.5) is 4.79 Å². The van der Waals surface area contributed by atoms with Crippen molar-refractivity contribution in [3.63, 3.8) is 0 Å². The molecule has 5 heteroatoms. The van der Waals surface area contributed by atoms with Crippen molar-refractivity contribution >= 4 is 23.0 Å². The van der Waals surface area contributed by atoms with Crippen LogP contribution in [-0.4, -0.2) is 17.0 Å². The van der Waals surface area contributed by atoms with Crippen LogP contribution in [0.3, 0.4) is 0 Å². The van der Waals surface area contributed by atoms with Crippen LogP contribution in [0.25, 0.3) is 0 Å². The Bertz CT molecular complexity index is 267. The van der Waals surface area contributed by atoms with E-state index in [0.717, 1.165) is 6.08 Å². The molecule has 0 aromatic heterocycles. The van der Waals surface area contributed by atoms with Gasteiger partial charge in [-0.25, -0.2) is 4.79 Å². The number of rotatable bonds is 1. The first-order valence-corrected chi connectivity index (χ1v) is 3.62. The van der Waals surface area contributed by atoms with Crippen molar-refractivity contribution in [3.05, 3.63) is 11.8 Å². The van der Waals surface area contributed by atoms with E-state index in [1.807, 2.05) is 0 Å². The molecule has 0 atom stereocenters. The number of ether oxygens (including phenoxy) is 2. The zero-order chi connectivity index (χ0) is 9.35. The zero-order valence-corrected chi connectivity index (χ0v) is 7.34. The van der Waals surface area contributed by atoms with Crippen LogP contribution < -0.4 is 0 Å². The summed E-state index contributed by atoms with van der Waals surface area (Å²) in [5.74, 6) is 0.132. The fourth-order valence-corrected chi connectivity index (χ4v) is 0.898. The van der Waals surface area contributed by atoms with Gasteiger partial charge in [0.05, 0.1) is 0 Å². The van der Waals surface area contributed by atoms with Crippen LogP contribution in [-0.2, 0) is 14.3 Å². The zero-order valence-electron chi connectivity index (χ0n) is 6.59. The molecule has 1 saturated heterocycles. The Hall–Kier alpha value is -1.03. The standard InChI is InChI=1S/C7H7ClO4/c1-7(2)4(3-5(8)9)11-6(10)12-7/h3H,1-2H3. The first-order chi connectivity index (χ1) is 5.42. The predicted molar refractivity (Wildman–Crippen MR) is 40.6 cm³/mol. The number of hydrogen-bond donors (Lipinski definition) is 0. The molecule has 0 amide bonds. The number of hydrogen-bond acceptors (Lipinski definition) is 4. The van der Waals surface area contributed by atoms with Gasteiger partial charge in [0.1, 0.15) is 0 Å². The number of cyclic esters (lactones) is 2. The van der Waals surface area contributed by atoms with Crippen LogP contribution in [0.5, 0.6) is 0 Å². The van der Waals surface area contributed by atoms with Crippen LogP contribution >= 0.6 is 11.6 Å². The fraction of sp³-hybridized carbons (Fsp3) is 0.429. The van der Waals surface area contributed by atoms with Gasteiger partial charge in [0, 0.05) is 6.08 Å². The third-order valence-corrected chi connectivity index (χ3v) is 1.48. The third-order valence-electron chi connectivity index (χ3n) is 1.37. The van der Waals surface area contributed by atoms with E-state index >= 15 is 0 Å². The lowest BCUT2D eigenvalue weighted by atomic mass is 10.1. The molecule has 1 aliphatic rings. The Balaban J connectivity index is 2.92. The number of allylic oxidation sites excluding steroid dienone is 1. The summed E-state index contributed by atoms with van der Waals surface area (Å²) < 4.78 is 9.30. The van der Waals surface area contributed by atoms with E-state index < -0.39 is 17.0 Å². The Labute approximate surface area is 74.1 Å². The van der Waals surface area contributed by atoms with Gasteiger partial charge in [-0.1, -0.05) is 0 Å². The number of carbonyl (C=O) groups excluding carboxylic acids is 2. The van der Waals surface area contributed by atoms with Gasteiger partial charge in [-0.3, -0.25) is 4.79 Å². The molecule has 0 saturated carbocycles. The maximum atomic E-state index is 10.6. The van der Waals surface area contributed by atoms with E-state index in [0.29, 0.717) is 0 Å². The lowest BCUT2D eigenvalue weighted by molar-refractivity contribution is -0.107. The van der Waals surface area contributed by atoms with Gasteiger partial charge >= 0.3 is 6.16 Å². The lowest BCUT2D eigenvalue weighted by Crippen LogP contribution is -2.20. The molecular weight excluding hydrogens is 184 g/mol. The fourth-order valence-electron chi connectivity index (χ4n) is 0.798. The minimum atomic E-state index is -0.901. The van der Waals surface area contributed by atoms with E-state index in [-0.39, 0.29) is 5.76 Å². The van der Waals surface area contributed by atoms with Crippen molar-refractivity contribution in [3.8, 4) is 0 Å². The van der Waals surface area contributed by atoms with E-state index in [9.17, 15) is 9.59 Å². The summed E-state index contributed by atoms with van der Waals surface area (Å²) in [7, 11) is 0. The van der Waals surface area contributed by atoms with Crippen LogP contribution in [0.1, 0.15) is 13.8 Å². The maximum Gasteiger partial charge on any atom is 0.514 e. The molecular formula is C7H7ClO4. The van der Waals surface area contributed by atoms with Crippen LogP contribution in [0.2, 0.25) is 0 Å². The Kier molecular flexibility index (Phi) is 2.10. The molecule has 0 spiro atoms. The third kappa shape index (κ3) is 1.76. The van der Waals surface area contributed by atoms with Gasteiger partial charge in [-0.05, 0) is 25.4 Å². The van der Waals surface area contributed by atoms with E-state index in [1.165, 1.54) is 0 Å². The molecule has 1 heterocycles. The SMILES string of the molecule is CC1(C)OC(=O)OC1=CC(=O)Cl. The molecule has 1 fully saturated rings. The van der Waals surface area contributed by atoms with Crippen molar-refractivity contribution in [2.45, 2.75) is 19.4 Å². The monoisotopic (exact) mass is 190 g/mol. The maximum absolute atomic E-state index is 10.6. The van der Waals surface area contributed by atoms with Gasteiger partial charge < -0.3 is 9.47 Å². The molecule has 12 heavy (non-hydrogen) atoms. The Morgan fingerprint density at radius 3 is 2.50 bits per heavy atom. The van der Waals surface area contributed by atoms with Gasteiger partial charge in [0.25, 0.3) is 0 Å². The normalized spacial score (nSPS) is 23.6. The molecule has 1 rings (SSSR count). The second-order valence-corrected chi connectivity index (χ2v) is 3.15.